The number of pyridine rings is 1. The summed E-state index contributed by atoms with van der Waals surface area (Å²) < 4.78 is 0. The molecule has 0 aliphatic heterocycles. The predicted octanol–water partition coefficient (Wildman–Crippen LogP) is 2.77. The van der Waals surface area contributed by atoms with Crippen molar-refractivity contribution in [3.63, 3.8) is 0 Å². The highest BCUT2D eigenvalue weighted by Crippen LogP contribution is 2.12. The molecule has 2 heterocycles. The number of hydrogen-bond acceptors (Lipinski definition) is 4. The Labute approximate surface area is 114 Å². The maximum atomic E-state index is 12.1. The number of carbonyl (C=O) groups is 1. The van der Waals surface area contributed by atoms with Gasteiger partial charge in [-0.15, -0.1) is 11.3 Å². The van der Waals surface area contributed by atoms with Crippen LogP contribution in [0.2, 0.25) is 5.15 Å². The minimum Gasteiger partial charge on any atom is -0.336 e. The summed E-state index contributed by atoms with van der Waals surface area (Å²) >= 11 is 7.26. The third kappa shape index (κ3) is 3.05. The van der Waals surface area contributed by atoms with Gasteiger partial charge in [0.25, 0.3) is 5.91 Å². The molecule has 0 N–H and O–H groups in total. The Balaban J connectivity index is 2.07. The minimum absolute atomic E-state index is 0.0928. The number of amides is 1. The molecule has 0 aliphatic rings. The molecule has 2 rings (SSSR count). The molecule has 0 spiro atoms. The van der Waals surface area contributed by atoms with Crippen molar-refractivity contribution in [3.8, 4) is 0 Å². The van der Waals surface area contributed by atoms with Gasteiger partial charge in [-0.1, -0.05) is 11.6 Å². The van der Waals surface area contributed by atoms with Gasteiger partial charge in [0.05, 0.1) is 22.8 Å². The first-order chi connectivity index (χ1) is 8.56. The number of rotatable bonds is 3. The van der Waals surface area contributed by atoms with Crippen molar-refractivity contribution < 1.29 is 4.79 Å². The third-order valence-electron chi connectivity index (χ3n) is 2.39. The summed E-state index contributed by atoms with van der Waals surface area (Å²) in [6.45, 7) is 2.44. The van der Waals surface area contributed by atoms with Gasteiger partial charge < -0.3 is 4.90 Å². The molecular formula is C12H12ClN3OS. The van der Waals surface area contributed by atoms with Crippen LogP contribution in [0.4, 0.5) is 0 Å². The Morgan fingerprint density at radius 1 is 1.50 bits per heavy atom. The van der Waals surface area contributed by atoms with E-state index in [9.17, 15) is 4.79 Å². The highest BCUT2D eigenvalue weighted by molar-refractivity contribution is 7.09. The van der Waals surface area contributed by atoms with Crippen molar-refractivity contribution in [2.24, 2.45) is 0 Å². The SMILES string of the molecule is Cc1nc(CN(C)C(=O)c2ccc(Cl)nc2)cs1. The van der Waals surface area contributed by atoms with E-state index in [-0.39, 0.29) is 5.91 Å². The minimum atomic E-state index is -0.0928. The summed E-state index contributed by atoms with van der Waals surface area (Å²) in [4.78, 5) is 21.9. The van der Waals surface area contributed by atoms with Gasteiger partial charge in [0, 0.05) is 18.6 Å². The number of nitrogens with zero attached hydrogens (tertiary/aromatic N) is 3. The van der Waals surface area contributed by atoms with E-state index in [1.165, 1.54) is 6.20 Å². The zero-order valence-electron chi connectivity index (χ0n) is 10.1. The van der Waals surface area contributed by atoms with Crippen molar-refractivity contribution in [1.29, 1.82) is 0 Å². The van der Waals surface area contributed by atoms with Crippen LogP contribution in [0.5, 0.6) is 0 Å². The second-order valence-electron chi connectivity index (χ2n) is 3.89. The molecule has 2 aromatic rings. The monoisotopic (exact) mass is 281 g/mol. The highest BCUT2D eigenvalue weighted by Gasteiger charge is 2.13. The second-order valence-corrected chi connectivity index (χ2v) is 5.34. The van der Waals surface area contributed by atoms with Crippen molar-refractivity contribution in [2.75, 3.05) is 7.05 Å². The Hall–Kier alpha value is -1.46. The molecule has 2 aromatic heterocycles. The molecule has 18 heavy (non-hydrogen) atoms. The van der Waals surface area contributed by atoms with Crippen molar-refractivity contribution in [3.05, 3.63) is 45.1 Å². The average Bonchev–Trinajstić information content (AvgIpc) is 2.75. The summed E-state index contributed by atoms with van der Waals surface area (Å²) in [5.41, 5.74) is 1.42. The van der Waals surface area contributed by atoms with Crippen molar-refractivity contribution in [1.82, 2.24) is 14.9 Å². The first-order valence-electron chi connectivity index (χ1n) is 5.34. The van der Waals surface area contributed by atoms with E-state index in [1.807, 2.05) is 12.3 Å². The largest absolute Gasteiger partial charge is 0.336 e. The lowest BCUT2D eigenvalue weighted by atomic mass is 10.2. The van der Waals surface area contributed by atoms with Gasteiger partial charge in [-0.3, -0.25) is 4.79 Å². The molecule has 0 bridgehead atoms. The maximum Gasteiger partial charge on any atom is 0.255 e. The quantitative estimate of drug-likeness (QED) is 0.813. The maximum absolute atomic E-state index is 12.1. The van der Waals surface area contributed by atoms with Crippen LogP contribution in [-0.4, -0.2) is 27.8 Å². The van der Waals surface area contributed by atoms with Gasteiger partial charge >= 0.3 is 0 Å². The lowest BCUT2D eigenvalue weighted by Gasteiger charge is -2.15. The summed E-state index contributed by atoms with van der Waals surface area (Å²) in [6, 6.07) is 3.27. The second kappa shape index (κ2) is 5.46. The molecule has 0 unspecified atom stereocenters. The van der Waals surface area contributed by atoms with Gasteiger partial charge in [0.15, 0.2) is 0 Å². The molecule has 0 fully saturated rings. The fourth-order valence-electron chi connectivity index (χ4n) is 1.52. The van der Waals surface area contributed by atoms with E-state index in [0.717, 1.165) is 10.7 Å². The van der Waals surface area contributed by atoms with E-state index in [4.69, 9.17) is 11.6 Å². The Kier molecular flexibility index (Phi) is 3.93. The molecule has 0 radical (unpaired) electrons. The summed E-state index contributed by atoms with van der Waals surface area (Å²) in [5.74, 6) is -0.0928. The van der Waals surface area contributed by atoms with E-state index >= 15 is 0 Å². The highest BCUT2D eigenvalue weighted by atomic mass is 35.5. The van der Waals surface area contributed by atoms with Crippen LogP contribution < -0.4 is 0 Å². The molecule has 0 atom stereocenters. The molecular weight excluding hydrogens is 270 g/mol. The van der Waals surface area contributed by atoms with Crippen LogP contribution in [0.3, 0.4) is 0 Å². The number of carbonyl (C=O) groups excluding carboxylic acids is 1. The number of hydrogen-bond donors (Lipinski definition) is 0. The molecule has 0 aliphatic carbocycles. The lowest BCUT2D eigenvalue weighted by Crippen LogP contribution is -2.26. The van der Waals surface area contributed by atoms with Crippen LogP contribution >= 0.6 is 22.9 Å². The van der Waals surface area contributed by atoms with E-state index in [0.29, 0.717) is 17.3 Å². The van der Waals surface area contributed by atoms with Crippen LogP contribution in [0.25, 0.3) is 0 Å². The molecule has 0 saturated heterocycles. The van der Waals surface area contributed by atoms with Gasteiger partial charge in [-0.2, -0.15) is 0 Å². The topological polar surface area (TPSA) is 46.1 Å². The van der Waals surface area contributed by atoms with Gasteiger partial charge in [-0.05, 0) is 19.1 Å². The number of thiazole rings is 1. The predicted molar refractivity (Wildman–Crippen MR) is 71.9 cm³/mol. The summed E-state index contributed by atoms with van der Waals surface area (Å²) in [5, 5.41) is 3.34. The lowest BCUT2D eigenvalue weighted by molar-refractivity contribution is 0.0783. The fourth-order valence-corrected chi connectivity index (χ4v) is 2.23. The van der Waals surface area contributed by atoms with Gasteiger partial charge in [-0.25, -0.2) is 9.97 Å². The van der Waals surface area contributed by atoms with Crippen LogP contribution in [0.1, 0.15) is 21.1 Å². The number of halogens is 1. The first-order valence-corrected chi connectivity index (χ1v) is 6.60. The Morgan fingerprint density at radius 2 is 2.28 bits per heavy atom. The van der Waals surface area contributed by atoms with Crippen LogP contribution in [-0.2, 0) is 6.54 Å². The van der Waals surface area contributed by atoms with Crippen molar-refractivity contribution in [2.45, 2.75) is 13.5 Å². The molecule has 0 aromatic carbocycles. The molecule has 6 heteroatoms. The fraction of sp³-hybridized carbons (Fsp3) is 0.250. The zero-order valence-corrected chi connectivity index (χ0v) is 11.6. The van der Waals surface area contributed by atoms with Crippen LogP contribution in [0.15, 0.2) is 23.7 Å². The average molecular weight is 282 g/mol. The number of aromatic nitrogens is 2. The number of aryl methyl sites for hydroxylation is 1. The smallest absolute Gasteiger partial charge is 0.255 e. The molecule has 94 valence electrons. The van der Waals surface area contributed by atoms with Gasteiger partial charge in [0.1, 0.15) is 5.15 Å². The zero-order chi connectivity index (χ0) is 13.1. The first kappa shape index (κ1) is 13.0. The van der Waals surface area contributed by atoms with E-state index in [1.54, 1.807) is 35.4 Å². The standard InChI is InChI=1S/C12H12ClN3OS/c1-8-15-10(7-18-8)6-16(2)12(17)9-3-4-11(13)14-5-9/h3-5,7H,6H2,1-2H3. The molecule has 0 saturated carbocycles. The third-order valence-corrected chi connectivity index (χ3v) is 3.43. The molecule has 4 nitrogen and oxygen atoms in total. The Bertz CT molecular complexity index is 553. The summed E-state index contributed by atoms with van der Waals surface area (Å²) in [6.07, 6.45) is 1.48. The van der Waals surface area contributed by atoms with Crippen LogP contribution in [0, 0.1) is 6.92 Å². The van der Waals surface area contributed by atoms with E-state index in [2.05, 4.69) is 9.97 Å². The summed E-state index contributed by atoms with van der Waals surface area (Å²) in [7, 11) is 1.74. The van der Waals surface area contributed by atoms with Gasteiger partial charge in [0.2, 0.25) is 0 Å². The molecule has 1 amide bonds. The van der Waals surface area contributed by atoms with Crippen molar-refractivity contribution >= 4 is 28.8 Å². The van der Waals surface area contributed by atoms with E-state index < -0.39 is 0 Å². The normalized spacial score (nSPS) is 10.4. The Morgan fingerprint density at radius 3 is 2.83 bits per heavy atom.